The number of piperidine rings is 1. The Morgan fingerprint density at radius 2 is 2.09 bits per heavy atom. The molecule has 1 amide bonds. The SMILES string of the molecule is N#Cc1nccnc1N1CCCC(C(=O)NC2CCOCC2)C1. The summed E-state index contributed by atoms with van der Waals surface area (Å²) >= 11 is 0. The summed E-state index contributed by atoms with van der Waals surface area (Å²) in [5, 5.41) is 12.3. The monoisotopic (exact) mass is 315 g/mol. The van der Waals surface area contributed by atoms with Crippen LogP contribution >= 0.6 is 0 Å². The van der Waals surface area contributed by atoms with Gasteiger partial charge in [0.15, 0.2) is 11.5 Å². The fourth-order valence-corrected chi connectivity index (χ4v) is 3.19. The van der Waals surface area contributed by atoms with Gasteiger partial charge in [-0.25, -0.2) is 9.97 Å². The Balaban J connectivity index is 1.63. The zero-order valence-corrected chi connectivity index (χ0v) is 13.1. The van der Waals surface area contributed by atoms with Crippen LogP contribution < -0.4 is 10.2 Å². The van der Waals surface area contributed by atoms with Crippen molar-refractivity contribution in [3.63, 3.8) is 0 Å². The van der Waals surface area contributed by atoms with Crippen LogP contribution in [-0.2, 0) is 9.53 Å². The lowest BCUT2D eigenvalue weighted by Gasteiger charge is -2.34. The van der Waals surface area contributed by atoms with Gasteiger partial charge >= 0.3 is 0 Å². The van der Waals surface area contributed by atoms with Gasteiger partial charge in [0.1, 0.15) is 6.07 Å². The molecule has 0 spiro atoms. The maximum absolute atomic E-state index is 12.5. The predicted octanol–water partition coefficient (Wildman–Crippen LogP) is 0.860. The average molecular weight is 315 g/mol. The number of nitrogens with zero attached hydrogens (tertiary/aromatic N) is 4. The molecular weight excluding hydrogens is 294 g/mol. The molecule has 2 aliphatic rings. The molecule has 7 heteroatoms. The summed E-state index contributed by atoms with van der Waals surface area (Å²) in [6, 6.07) is 2.29. The third-order valence-corrected chi connectivity index (χ3v) is 4.44. The van der Waals surface area contributed by atoms with Crippen LogP contribution in [0.3, 0.4) is 0 Å². The van der Waals surface area contributed by atoms with E-state index >= 15 is 0 Å². The molecule has 7 nitrogen and oxygen atoms in total. The first-order valence-electron chi connectivity index (χ1n) is 8.12. The third-order valence-electron chi connectivity index (χ3n) is 4.44. The number of amides is 1. The number of carbonyl (C=O) groups excluding carboxylic acids is 1. The Labute approximate surface area is 135 Å². The van der Waals surface area contributed by atoms with E-state index in [1.54, 1.807) is 6.20 Å². The fraction of sp³-hybridized carbons (Fsp3) is 0.625. The van der Waals surface area contributed by atoms with E-state index in [4.69, 9.17) is 4.74 Å². The molecule has 23 heavy (non-hydrogen) atoms. The summed E-state index contributed by atoms with van der Waals surface area (Å²) in [6.07, 6.45) is 6.64. The van der Waals surface area contributed by atoms with Crippen molar-refractivity contribution in [1.29, 1.82) is 5.26 Å². The van der Waals surface area contributed by atoms with Crippen LogP contribution in [0, 0.1) is 17.2 Å². The topological polar surface area (TPSA) is 91.1 Å². The summed E-state index contributed by atoms with van der Waals surface area (Å²) in [5.74, 6) is 0.614. The van der Waals surface area contributed by atoms with E-state index in [1.807, 2.05) is 4.90 Å². The number of nitrogens with one attached hydrogen (secondary N) is 1. The standard InChI is InChI=1S/C16H21N5O2/c17-10-14-15(19-6-5-18-14)21-7-1-2-12(11-21)16(22)20-13-3-8-23-9-4-13/h5-6,12-13H,1-4,7-9,11H2,(H,20,22). The van der Waals surface area contributed by atoms with Crippen molar-refractivity contribution in [2.45, 2.75) is 31.7 Å². The van der Waals surface area contributed by atoms with Crippen LogP contribution in [0.4, 0.5) is 5.82 Å². The molecule has 0 radical (unpaired) electrons. The minimum Gasteiger partial charge on any atom is -0.381 e. The highest BCUT2D eigenvalue weighted by molar-refractivity contribution is 5.80. The number of hydrogen-bond donors (Lipinski definition) is 1. The Morgan fingerprint density at radius 3 is 2.87 bits per heavy atom. The molecule has 0 aromatic carbocycles. The molecule has 2 fully saturated rings. The molecule has 1 aromatic heterocycles. The van der Waals surface area contributed by atoms with Crippen molar-refractivity contribution in [2.75, 3.05) is 31.2 Å². The fourth-order valence-electron chi connectivity index (χ4n) is 3.19. The molecule has 2 aliphatic heterocycles. The van der Waals surface area contributed by atoms with Crippen LogP contribution in [0.2, 0.25) is 0 Å². The number of hydrogen-bond acceptors (Lipinski definition) is 6. The van der Waals surface area contributed by atoms with E-state index in [0.29, 0.717) is 31.3 Å². The molecule has 3 heterocycles. The largest absolute Gasteiger partial charge is 0.381 e. The number of rotatable bonds is 3. The van der Waals surface area contributed by atoms with E-state index in [2.05, 4.69) is 21.4 Å². The molecule has 0 aliphatic carbocycles. The van der Waals surface area contributed by atoms with Gasteiger partial charge < -0.3 is 15.0 Å². The van der Waals surface area contributed by atoms with Crippen molar-refractivity contribution in [3.8, 4) is 6.07 Å². The normalized spacial score (nSPS) is 22.4. The molecule has 1 unspecified atom stereocenters. The second kappa shape index (κ2) is 7.38. The van der Waals surface area contributed by atoms with Crippen LogP contribution in [0.15, 0.2) is 12.4 Å². The van der Waals surface area contributed by atoms with Crippen molar-refractivity contribution >= 4 is 11.7 Å². The molecular formula is C16H21N5O2. The second-order valence-corrected chi connectivity index (χ2v) is 6.02. The van der Waals surface area contributed by atoms with Gasteiger partial charge in [0.2, 0.25) is 5.91 Å². The first-order chi connectivity index (χ1) is 11.3. The van der Waals surface area contributed by atoms with Crippen LogP contribution in [0.1, 0.15) is 31.4 Å². The van der Waals surface area contributed by atoms with Crippen molar-refractivity contribution in [3.05, 3.63) is 18.1 Å². The van der Waals surface area contributed by atoms with Gasteiger partial charge in [-0.1, -0.05) is 0 Å². The second-order valence-electron chi connectivity index (χ2n) is 6.02. The highest BCUT2D eigenvalue weighted by Gasteiger charge is 2.29. The average Bonchev–Trinajstić information content (AvgIpc) is 2.62. The number of aromatic nitrogens is 2. The zero-order valence-electron chi connectivity index (χ0n) is 13.1. The van der Waals surface area contributed by atoms with Crippen molar-refractivity contribution in [1.82, 2.24) is 15.3 Å². The number of ether oxygens (including phenoxy) is 1. The Hall–Kier alpha value is -2.20. The maximum Gasteiger partial charge on any atom is 0.225 e. The summed E-state index contributed by atoms with van der Waals surface area (Å²) in [5.41, 5.74) is 0.318. The highest BCUT2D eigenvalue weighted by Crippen LogP contribution is 2.23. The van der Waals surface area contributed by atoms with E-state index in [1.165, 1.54) is 6.20 Å². The maximum atomic E-state index is 12.5. The lowest BCUT2D eigenvalue weighted by atomic mass is 9.96. The molecule has 1 N–H and O–H groups in total. The van der Waals surface area contributed by atoms with Gasteiger partial charge in [-0.15, -0.1) is 0 Å². The van der Waals surface area contributed by atoms with Gasteiger partial charge in [-0.05, 0) is 25.7 Å². The van der Waals surface area contributed by atoms with E-state index in [9.17, 15) is 10.1 Å². The first-order valence-corrected chi connectivity index (χ1v) is 8.12. The third kappa shape index (κ3) is 3.77. The van der Waals surface area contributed by atoms with E-state index < -0.39 is 0 Å². The summed E-state index contributed by atoms with van der Waals surface area (Å²) in [4.78, 5) is 22.9. The molecule has 122 valence electrons. The Morgan fingerprint density at radius 1 is 1.30 bits per heavy atom. The molecule has 2 saturated heterocycles. The number of anilines is 1. The van der Waals surface area contributed by atoms with E-state index in [0.717, 1.165) is 32.2 Å². The van der Waals surface area contributed by atoms with Crippen molar-refractivity contribution < 1.29 is 9.53 Å². The smallest absolute Gasteiger partial charge is 0.225 e. The quantitative estimate of drug-likeness (QED) is 0.889. The highest BCUT2D eigenvalue weighted by atomic mass is 16.5. The summed E-state index contributed by atoms with van der Waals surface area (Å²) < 4.78 is 5.32. The van der Waals surface area contributed by atoms with Gasteiger partial charge in [0, 0.05) is 44.7 Å². The van der Waals surface area contributed by atoms with E-state index in [-0.39, 0.29) is 17.9 Å². The molecule has 1 atom stereocenters. The first kappa shape index (κ1) is 15.7. The van der Waals surface area contributed by atoms with Crippen molar-refractivity contribution in [2.24, 2.45) is 5.92 Å². The lowest BCUT2D eigenvalue weighted by Crippen LogP contribution is -2.47. The number of nitriles is 1. The minimum atomic E-state index is -0.0693. The molecule has 0 bridgehead atoms. The van der Waals surface area contributed by atoms with Gasteiger partial charge in [-0.2, -0.15) is 5.26 Å². The predicted molar refractivity (Wildman–Crippen MR) is 83.7 cm³/mol. The zero-order chi connectivity index (χ0) is 16.1. The molecule has 3 rings (SSSR count). The van der Waals surface area contributed by atoms with Crippen LogP contribution in [-0.4, -0.2) is 48.2 Å². The Bertz CT molecular complexity index is 594. The number of carbonyl (C=O) groups is 1. The van der Waals surface area contributed by atoms with Crippen LogP contribution in [0.5, 0.6) is 0 Å². The molecule has 0 saturated carbocycles. The lowest BCUT2D eigenvalue weighted by molar-refractivity contribution is -0.126. The summed E-state index contributed by atoms with van der Waals surface area (Å²) in [6.45, 7) is 2.82. The Kier molecular flexibility index (Phi) is 5.03. The van der Waals surface area contributed by atoms with Gasteiger partial charge in [0.05, 0.1) is 5.92 Å². The van der Waals surface area contributed by atoms with Gasteiger partial charge in [-0.3, -0.25) is 4.79 Å². The van der Waals surface area contributed by atoms with Gasteiger partial charge in [0.25, 0.3) is 0 Å². The van der Waals surface area contributed by atoms with Crippen LogP contribution in [0.25, 0.3) is 0 Å². The minimum absolute atomic E-state index is 0.0693. The molecule has 1 aromatic rings. The summed E-state index contributed by atoms with van der Waals surface area (Å²) in [7, 11) is 0.